The van der Waals surface area contributed by atoms with Gasteiger partial charge in [-0.05, 0) is 0 Å². The summed E-state index contributed by atoms with van der Waals surface area (Å²) >= 11 is 0.827. The van der Waals surface area contributed by atoms with Crippen LogP contribution in [0.4, 0.5) is 0 Å². The Balaban J connectivity index is 2.12. The summed E-state index contributed by atoms with van der Waals surface area (Å²) in [5.41, 5.74) is -1.12. The zero-order valence-corrected chi connectivity index (χ0v) is 13.8. The summed E-state index contributed by atoms with van der Waals surface area (Å²) in [6.45, 7) is -1.07. The second-order valence-corrected chi connectivity index (χ2v) is 7.02. The van der Waals surface area contributed by atoms with Crippen LogP contribution in [0.1, 0.15) is 0 Å². The SMILES string of the molecule is CO[C@@H]1O[C@H](CO)[C@@H](S[C@@H]2O[C@H](CO)[C@@H](O)[C@H](O)[C@@H]2O)[C@H](O)[C@H]1O. The van der Waals surface area contributed by atoms with E-state index in [-0.39, 0.29) is 0 Å². The molecule has 10 nitrogen and oxygen atoms in total. The van der Waals surface area contributed by atoms with Crippen molar-refractivity contribution < 1.29 is 50.0 Å². The van der Waals surface area contributed by atoms with E-state index >= 15 is 0 Å². The van der Waals surface area contributed by atoms with Crippen molar-refractivity contribution in [2.45, 2.75) is 59.7 Å². The number of aliphatic hydroxyl groups excluding tert-OH is 7. The van der Waals surface area contributed by atoms with Gasteiger partial charge in [-0.3, -0.25) is 0 Å². The molecular formula is C13H24O10S. The fourth-order valence-corrected chi connectivity index (χ4v) is 4.24. The van der Waals surface area contributed by atoms with Crippen LogP contribution in [0.3, 0.4) is 0 Å². The molecule has 0 spiro atoms. The van der Waals surface area contributed by atoms with Gasteiger partial charge >= 0.3 is 0 Å². The Bertz CT molecular complexity index is 397. The van der Waals surface area contributed by atoms with Gasteiger partial charge in [0.25, 0.3) is 0 Å². The lowest BCUT2D eigenvalue weighted by atomic mass is 10.0. The van der Waals surface area contributed by atoms with E-state index in [2.05, 4.69) is 0 Å². The van der Waals surface area contributed by atoms with Crippen molar-refractivity contribution in [2.75, 3.05) is 20.3 Å². The van der Waals surface area contributed by atoms with E-state index in [1.54, 1.807) is 0 Å². The molecule has 0 aliphatic carbocycles. The number of rotatable bonds is 5. The molecule has 7 N–H and O–H groups in total. The van der Waals surface area contributed by atoms with Crippen molar-refractivity contribution >= 4 is 11.8 Å². The van der Waals surface area contributed by atoms with Gasteiger partial charge in [-0.2, -0.15) is 0 Å². The van der Waals surface area contributed by atoms with Crippen molar-refractivity contribution in [1.82, 2.24) is 0 Å². The lowest BCUT2D eigenvalue weighted by molar-refractivity contribution is -0.260. The molecule has 11 heteroatoms. The van der Waals surface area contributed by atoms with Crippen molar-refractivity contribution in [3.63, 3.8) is 0 Å². The molecule has 2 fully saturated rings. The molecule has 2 aliphatic rings. The van der Waals surface area contributed by atoms with Gasteiger partial charge in [0, 0.05) is 7.11 Å². The van der Waals surface area contributed by atoms with E-state index in [0.29, 0.717) is 0 Å². The maximum atomic E-state index is 10.3. The van der Waals surface area contributed by atoms with Crippen LogP contribution in [0, 0.1) is 0 Å². The zero-order chi connectivity index (χ0) is 18.0. The summed E-state index contributed by atoms with van der Waals surface area (Å²) < 4.78 is 15.6. The standard InChI is InChI=1S/C13H24O10S/c1-21-12-9(19)8(18)11(5(3-15)22-12)24-13-10(20)7(17)6(16)4(2-14)23-13/h4-20H,2-3H2,1H3/t4-,5-,6-,7+,8-,9-,10+,11-,12-,13+/m1/s1. The molecule has 24 heavy (non-hydrogen) atoms. The second kappa shape index (κ2) is 8.56. The minimum atomic E-state index is -1.56. The largest absolute Gasteiger partial charge is 0.394 e. The molecule has 142 valence electrons. The molecule has 0 radical (unpaired) electrons. The maximum absolute atomic E-state index is 10.3. The average molecular weight is 372 g/mol. The molecular weight excluding hydrogens is 348 g/mol. The van der Waals surface area contributed by atoms with Gasteiger partial charge in [0.1, 0.15) is 36.0 Å². The van der Waals surface area contributed by atoms with Crippen LogP contribution < -0.4 is 0 Å². The Labute approximate surface area is 142 Å². The monoisotopic (exact) mass is 372 g/mol. The molecule has 2 saturated heterocycles. The summed E-state index contributed by atoms with van der Waals surface area (Å²) in [4.78, 5) is 0. The highest BCUT2D eigenvalue weighted by Gasteiger charge is 2.50. The van der Waals surface area contributed by atoms with Gasteiger partial charge in [-0.25, -0.2) is 0 Å². The summed E-state index contributed by atoms with van der Waals surface area (Å²) in [6.07, 6.45) is -10.4. The maximum Gasteiger partial charge on any atom is 0.186 e. The van der Waals surface area contributed by atoms with Crippen LogP contribution in [-0.4, -0.2) is 116 Å². The Morgan fingerprint density at radius 3 is 1.96 bits per heavy atom. The first-order valence-electron chi connectivity index (χ1n) is 7.46. The highest BCUT2D eigenvalue weighted by molar-refractivity contribution is 8.00. The highest BCUT2D eigenvalue weighted by atomic mass is 32.2. The normalized spacial score (nSPS) is 50.0. The molecule has 0 aromatic rings. The van der Waals surface area contributed by atoms with Crippen LogP contribution in [0.25, 0.3) is 0 Å². The Kier molecular flexibility index (Phi) is 7.22. The smallest absolute Gasteiger partial charge is 0.186 e. The molecule has 2 rings (SSSR count). The molecule has 2 aliphatic heterocycles. The summed E-state index contributed by atoms with van der Waals surface area (Å²) in [5.74, 6) is 0. The van der Waals surface area contributed by atoms with Crippen molar-refractivity contribution in [3.8, 4) is 0 Å². The number of aliphatic hydroxyl groups is 7. The van der Waals surface area contributed by atoms with Crippen LogP contribution in [-0.2, 0) is 14.2 Å². The van der Waals surface area contributed by atoms with Crippen LogP contribution in [0.15, 0.2) is 0 Å². The quantitative estimate of drug-likeness (QED) is 0.251. The minimum absolute atomic E-state index is 0.487. The van der Waals surface area contributed by atoms with Crippen LogP contribution in [0.5, 0.6) is 0 Å². The third-order valence-electron chi connectivity index (χ3n) is 4.19. The number of thioether (sulfide) groups is 1. The fraction of sp³-hybridized carbons (Fsp3) is 1.00. The van der Waals surface area contributed by atoms with Crippen LogP contribution in [0.2, 0.25) is 0 Å². The molecule has 10 atom stereocenters. The predicted molar refractivity (Wildman–Crippen MR) is 79.9 cm³/mol. The lowest BCUT2D eigenvalue weighted by Crippen LogP contribution is -2.61. The molecule has 2 heterocycles. The topological polar surface area (TPSA) is 169 Å². The molecule has 0 amide bonds. The van der Waals surface area contributed by atoms with Gasteiger partial charge in [-0.1, -0.05) is 0 Å². The Hall–Kier alpha value is -0.0500. The second-order valence-electron chi connectivity index (χ2n) is 5.74. The minimum Gasteiger partial charge on any atom is -0.394 e. The predicted octanol–water partition coefficient (Wildman–Crippen LogP) is -4.03. The molecule has 0 aromatic carbocycles. The molecule has 0 saturated carbocycles. The van der Waals surface area contributed by atoms with E-state index < -0.39 is 72.9 Å². The summed E-state index contributed by atoms with van der Waals surface area (Å²) in [5, 5.41) is 67.6. The van der Waals surface area contributed by atoms with Gasteiger partial charge in [0.15, 0.2) is 6.29 Å². The van der Waals surface area contributed by atoms with Gasteiger partial charge < -0.3 is 50.0 Å². The fourth-order valence-electron chi connectivity index (χ4n) is 2.75. The van der Waals surface area contributed by atoms with Gasteiger partial charge in [-0.15, -0.1) is 11.8 Å². The molecule has 0 aromatic heterocycles. The number of ether oxygens (including phenoxy) is 3. The number of hydrogen-bond donors (Lipinski definition) is 7. The highest BCUT2D eigenvalue weighted by Crippen LogP contribution is 2.37. The molecule has 0 bridgehead atoms. The average Bonchev–Trinajstić information content (AvgIpc) is 2.59. The number of hydrogen-bond acceptors (Lipinski definition) is 11. The number of methoxy groups -OCH3 is 1. The zero-order valence-electron chi connectivity index (χ0n) is 13.0. The van der Waals surface area contributed by atoms with E-state index in [9.17, 15) is 35.7 Å². The first-order chi connectivity index (χ1) is 11.3. The molecule has 0 unspecified atom stereocenters. The van der Waals surface area contributed by atoms with Crippen molar-refractivity contribution in [3.05, 3.63) is 0 Å². The first kappa shape index (κ1) is 20.3. The van der Waals surface area contributed by atoms with E-state index in [1.165, 1.54) is 7.11 Å². The Morgan fingerprint density at radius 1 is 0.792 bits per heavy atom. The summed E-state index contributed by atoms with van der Waals surface area (Å²) in [7, 11) is 1.28. The van der Waals surface area contributed by atoms with Gasteiger partial charge in [0.05, 0.1) is 30.7 Å². The van der Waals surface area contributed by atoms with Crippen LogP contribution >= 0.6 is 11.8 Å². The van der Waals surface area contributed by atoms with Gasteiger partial charge in [0.2, 0.25) is 0 Å². The van der Waals surface area contributed by atoms with E-state index in [4.69, 9.17) is 14.2 Å². The third kappa shape index (κ3) is 3.86. The first-order valence-corrected chi connectivity index (χ1v) is 8.41. The van der Waals surface area contributed by atoms with Crippen molar-refractivity contribution in [1.29, 1.82) is 0 Å². The van der Waals surface area contributed by atoms with E-state index in [0.717, 1.165) is 11.8 Å². The third-order valence-corrected chi connectivity index (χ3v) is 5.75. The lowest BCUT2D eigenvalue weighted by Gasteiger charge is -2.45. The Morgan fingerprint density at radius 2 is 1.42 bits per heavy atom. The van der Waals surface area contributed by atoms with Crippen molar-refractivity contribution in [2.24, 2.45) is 0 Å². The summed E-state index contributed by atoms with van der Waals surface area (Å²) in [6, 6.07) is 0. The van der Waals surface area contributed by atoms with E-state index in [1.807, 2.05) is 0 Å².